The summed E-state index contributed by atoms with van der Waals surface area (Å²) in [7, 11) is 0. The highest BCUT2D eigenvalue weighted by Crippen LogP contribution is 2.33. The molecule has 7 heteroatoms. The van der Waals surface area contributed by atoms with Gasteiger partial charge in [-0.15, -0.1) is 0 Å². The van der Waals surface area contributed by atoms with Crippen LogP contribution in [0.5, 0.6) is 0 Å². The van der Waals surface area contributed by atoms with Crippen LogP contribution in [0.15, 0.2) is 58.5 Å². The first-order valence-electron chi connectivity index (χ1n) is 11.0. The van der Waals surface area contributed by atoms with E-state index in [1.54, 1.807) is 24.3 Å². The average molecular weight is 450 g/mol. The van der Waals surface area contributed by atoms with E-state index < -0.39 is 5.25 Å². The molecule has 0 bridgehead atoms. The molecule has 166 valence electrons. The molecule has 0 aliphatic heterocycles. The van der Waals surface area contributed by atoms with Gasteiger partial charge in [-0.2, -0.15) is 0 Å². The number of nitrogens with zero attached hydrogens (tertiary/aromatic N) is 2. The predicted molar refractivity (Wildman–Crippen MR) is 129 cm³/mol. The fraction of sp³-hybridized carbons (Fsp3) is 0.360. The zero-order valence-corrected chi connectivity index (χ0v) is 19.2. The number of amides is 1. The number of Topliss-reactive ketones (excluding diaryl/α,β-unsaturated/α-hetero) is 1. The average Bonchev–Trinajstić information content (AvgIpc) is 2.79. The maximum atomic E-state index is 13.4. The number of aromatic nitrogens is 2. The topological polar surface area (TPSA) is 81.1 Å². The summed E-state index contributed by atoms with van der Waals surface area (Å²) in [6.45, 7) is 3.29. The molecule has 2 aromatic carbocycles. The Kier molecular flexibility index (Phi) is 6.74. The van der Waals surface area contributed by atoms with E-state index >= 15 is 0 Å². The quantitative estimate of drug-likeness (QED) is 0.317. The Morgan fingerprint density at radius 3 is 2.44 bits per heavy atom. The predicted octanol–water partition coefficient (Wildman–Crippen LogP) is 5.22. The molecule has 3 aromatic rings. The van der Waals surface area contributed by atoms with Gasteiger partial charge in [0.05, 0.1) is 16.2 Å². The van der Waals surface area contributed by atoms with Gasteiger partial charge in [0.25, 0.3) is 5.56 Å². The summed E-state index contributed by atoms with van der Waals surface area (Å²) in [6.07, 6.45) is 5.31. The maximum Gasteiger partial charge on any atom is 0.262 e. The minimum atomic E-state index is -0.412. The van der Waals surface area contributed by atoms with Crippen molar-refractivity contribution >= 4 is 40.0 Å². The highest BCUT2D eigenvalue weighted by atomic mass is 32.2. The van der Waals surface area contributed by atoms with Gasteiger partial charge < -0.3 is 5.32 Å². The molecule has 1 unspecified atom stereocenters. The van der Waals surface area contributed by atoms with Gasteiger partial charge in [0.15, 0.2) is 10.9 Å². The molecule has 4 rings (SSSR count). The number of fused-ring (bicyclic) bond motifs is 1. The van der Waals surface area contributed by atoms with E-state index in [0.717, 1.165) is 25.7 Å². The molecule has 1 fully saturated rings. The summed E-state index contributed by atoms with van der Waals surface area (Å²) < 4.78 is 1.83. The summed E-state index contributed by atoms with van der Waals surface area (Å²) >= 11 is 1.34. The standard InChI is InChI=1S/C25H27N3O3S/c1-16(23(30)18-12-14-19(15-13-18)26-17(2)29)32-25-27-22-11-7-6-10-21(22)24(31)28(25)20-8-4-3-5-9-20/h6-7,10-16,20H,3-5,8-9H2,1-2H3,(H,26,29). The van der Waals surface area contributed by atoms with Crippen LogP contribution in [-0.4, -0.2) is 26.5 Å². The van der Waals surface area contributed by atoms with E-state index in [4.69, 9.17) is 4.98 Å². The second-order valence-electron chi connectivity index (χ2n) is 8.26. The molecule has 0 spiro atoms. The molecule has 32 heavy (non-hydrogen) atoms. The number of carbonyl (C=O) groups is 2. The molecular formula is C25H27N3O3S. The van der Waals surface area contributed by atoms with Crippen LogP contribution < -0.4 is 10.9 Å². The number of hydrogen-bond acceptors (Lipinski definition) is 5. The van der Waals surface area contributed by atoms with Gasteiger partial charge in [-0.25, -0.2) is 4.98 Å². The lowest BCUT2D eigenvalue weighted by Crippen LogP contribution is -2.30. The van der Waals surface area contributed by atoms with E-state index in [2.05, 4.69) is 5.32 Å². The maximum absolute atomic E-state index is 13.4. The van der Waals surface area contributed by atoms with Gasteiger partial charge in [-0.05, 0) is 56.2 Å². The van der Waals surface area contributed by atoms with Crippen LogP contribution in [0.3, 0.4) is 0 Å². The molecule has 1 heterocycles. The minimum Gasteiger partial charge on any atom is -0.326 e. The summed E-state index contributed by atoms with van der Waals surface area (Å²) in [5.74, 6) is -0.196. The Balaban J connectivity index is 1.64. The number of hydrogen-bond donors (Lipinski definition) is 1. The monoisotopic (exact) mass is 449 g/mol. The molecule has 0 radical (unpaired) electrons. The molecule has 0 saturated heterocycles. The van der Waals surface area contributed by atoms with Crippen LogP contribution in [0.1, 0.15) is 62.4 Å². The van der Waals surface area contributed by atoms with Crippen LogP contribution in [0.2, 0.25) is 0 Å². The van der Waals surface area contributed by atoms with E-state index in [-0.39, 0.29) is 23.3 Å². The first-order chi connectivity index (χ1) is 15.4. The van der Waals surface area contributed by atoms with Crippen molar-refractivity contribution in [2.45, 2.75) is 62.4 Å². The molecule has 6 nitrogen and oxygen atoms in total. The van der Waals surface area contributed by atoms with Crippen LogP contribution >= 0.6 is 11.8 Å². The Labute approximate surface area is 191 Å². The number of nitrogens with one attached hydrogen (secondary N) is 1. The van der Waals surface area contributed by atoms with E-state index in [1.807, 2.05) is 35.8 Å². The number of anilines is 1. The van der Waals surface area contributed by atoms with Crippen molar-refractivity contribution in [2.75, 3.05) is 5.32 Å². The fourth-order valence-corrected chi connectivity index (χ4v) is 5.29. The molecular weight excluding hydrogens is 422 g/mol. The largest absolute Gasteiger partial charge is 0.326 e. The molecule has 1 aliphatic carbocycles. The van der Waals surface area contributed by atoms with Crippen molar-refractivity contribution in [3.63, 3.8) is 0 Å². The number of rotatable bonds is 6. The van der Waals surface area contributed by atoms with E-state index in [1.165, 1.54) is 25.1 Å². The third-order valence-corrected chi connectivity index (χ3v) is 6.92. The summed E-state index contributed by atoms with van der Waals surface area (Å²) in [5.41, 5.74) is 1.85. The lowest BCUT2D eigenvalue weighted by atomic mass is 9.95. The number of thioether (sulfide) groups is 1. The smallest absolute Gasteiger partial charge is 0.262 e. The first kappa shape index (κ1) is 22.3. The second kappa shape index (κ2) is 9.69. The van der Waals surface area contributed by atoms with Crippen molar-refractivity contribution in [1.29, 1.82) is 0 Å². The molecule has 1 aromatic heterocycles. The summed E-state index contributed by atoms with van der Waals surface area (Å²) in [4.78, 5) is 42.5. The van der Waals surface area contributed by atoms with Crippen LogP contribution in [-0.2, 0) is 4.79 Å². The van der Waals surface area contributed by atoms with Crippen molar-refractivity contribution in [2.24, 2.45) is 0 Å². The van der Waals surface area contributed by atoms with Gasteiger partial charge in [-0.3, -0.25) is 19.0 Å². The Morgan fingerprint density at radius 2 is 1.75 bits per heavy atom. The van der Waals surface area contributed by atoms with Gasteiger partial charge in [0.1, 0.15) is 0 Å². The Morgan fingerprint density at radius 1 is 1.06 bits per heavy atom. The number of benzene rings is 2. The second-order valence-corrected chi connectivity index (χ2v) is 9.57. The zero-order valence-electron chi connectivity index (χ0n) is 18.3. The number of carbonyl (C=O) groups excluding carboxylic acids is 2. The minimum absolute atomic E-state index is 0.0238. The van der Waals surface area contributed by atoms with Crippen molar-refractivity contribution in [3.8, 4) is 0 Å². The molecule has 1 N–H and O–H groups in total. The van der Waals surface area contributed by atoms with Crippen molar-refractivity contribution < 1.29 is 9.59 Å². The van der Waals surface area contributed by atoms with E-state index in [9.17, 15) is 14.4 Å². The SMILES string of the molecule is CC(=O)Nc1ccc(C(=O)C(C)Sc2nc3ccccc3c(=O)n2C2CCCCC2)cc1. The van der Waals surface area contributed by atoms with Crippen LogP contribution in [0.4, 0.5) is 5.69 Å². The van der Waals surface area contributed by atoms with Crippen molar-refractivity contribution in [1.82, 2.24) is 9.55 Å². The Hall–Kier alpha value is -2.93. The van der Waals surface area contributed by atoms with Gasteiger partial charge in [0.2, 0.25) is 5.91 Å². The number of ketones is 1. The van der Waals surface area contributed by atoms with Gasteiger partial charge in [-0.1, -0.05) is 43.2 Å². The molecule has 1 amide bonds. The first-order valence-corrected chi connectivity index (χ1v) is 11.9. The Bertz CT molecular complexity index is 1200. The third kappa shape index (κ3) is 4.78. The fourth-order valence-electron chi connectivity index (χ4n) is 4.24. The van der Waals surface area contributed by atoms with Gasteiger partial charge >= 0.3 is 0 Å². The van der Waals surface area contributed by atoms with Crippen LogP contribution in [0, 0.1) is 0 Å². The normalized spacial score (nSPS) is 15.4. The van der Waals surface area contributed by atoms with Crippen molar-refractivity contribution in [3.05, 3.63) is 64.4 Å². The lowest BCUT2D eigenvalue weighted by Gasteiger charge is -2.26. The van der Waals surface area contributed by atoms with E-state index in [0.29, 0.717) is 27.3 Å². The summed E-state index contributed by atoms with van der Waals surface area (Å²) in [6, 6.07) is 14.4. The molecule has 1 atom stereocenters. The van der Waals surface area contributed by atoms with Crippen LogP contribution in [0.25, 0.3) is 10.9 Å². The highest BCUT2D eigenvalue weighted by molar-refractivity contribution is 8.00. The third-order valence-electron chi connectivity index (χ3n) is 5.86. The lowest BCUT2D eigenvalue weighted by molar-refractivity contribution is -0.114. The number of para-hydroxylation sites is 1. The summed E-state index contributed by atoms with van der Waals surface area (Å²) in [5, 5.41) is 3.52. The highest BCUT2D eigenvalue weighted by Gasteiger charge is 2.25. The molecule has 1 aliphatic rings. The van der Waals surface area contributed by atoms with Gasteiger partial charge in [0, 0.05) is 24.2 Å². The zero-order chi connectivity index (χ0) is 22.7. The molecule has 1 saturated carbocycles.